The lowest BCUT2D eigenvalue weighted by molar-refractivity contribution is -0.0498. The molecule has 0 bridgehead atoms. The first-order valence-electron chi connectivity index (χ1n) is 7.48. The Kier molecular flexibility index (Phi) is 5.23. The molecule has 0 aromatic heterocycles. The summed E-state index contributed by atoms with van der Waals surface area (Å²) in [6.07, 6.45) is 0.751. The lowest BCUT2D eigenvalue weighted by Gasteiger charge is -2.12. The minimum Gasteiger partial charge on any atom is -0.490 e. The number of hydrogen-bond donors (Lipinski definition) is 1. The fraction of sp³-hybridized carbons (Fsp3) is 0.235. The fourth-order valence-electron chi connectivity index (χ4n) is 2.26. The van der Waals surface area contributed by atoms with E-state index < -0.39 is 12.5 Å². The number of rotatable bonds is 4. The second-order valence-corrected chi connectivity index (χ2v) is 5.59. The van der Waals surface area contributed by atoms with Gasteiger partial charge in [0.25, 0.3) is 5.91 Å². The Morgan fingerprint density at radius 3 is 2.40 bits per heavy atom. The van der Waals surface area contributed by atoms with Gasteiger partial charge in [0, 0.05) is 24.1 Å². The van der Waals surface area contributed by atoms with E-state index in [0.29, 0.717) is 35.4 Å². The zero-order valence-corrected chi connectivity index (χ0v) is 13.7. The lowest BCUT2D eigenvalue weighted by Crippen LogP contribution is -2.12. The minimum atomic E-state index is -2.92. The van der Waals surface area contributed by atoms with Crippen LogP contribution in [-0.2, 0) is 0 Å². The number of hydrogen-bond acceptors (Lipinski definition) is 4. The summed E-state index contributed by atoms with van der Waals surface area (Å²) in [5.74, 6) is 0.548. The molecule has 0 unspecified atom stereocenters. The number of benzene rings is 2. The van der Waals surface area contributed by atoms with E-state index in [0.717, 1.165) is 6.42 Å². The smallest absolute Gasteiger partial charge is 0.387 e. The third-order valence-electron chi connectivity index (χ3n) is 3.43. The van der Waals surface area contributed by atoms with Gasteiger partial charge in [-0.15, -0.1) is 0 Å². The van der Waals surface area contributed by atoms with Crippen molar-refractivity contribution in [1.29, 1.82) is 0 Å². The van der Waals surface area contributed by atoms with Crippen molar-refractivity contribution in [3.05, 3.63) is 47.0 Å². The van der Waals surface area contributed by atoms with E-state index in [-0.39, 0.29) is 11.3 Å². The van der Waals surface area contributed by atoms with Crippen LogP contribution < -0.4 is 19.5 Å². The summed E-state index contributed by atoms with van der Waals surface area (Å²) >= 11 is 6.17. The van der Waals surface area contributed by atoms with Crippen LogP contribution in [0.4, 0.5) is 14.5 Å². The Labute approximate surface area is 147 Å². The molecule has 8 heteroatoms. The first-order chi connectivity index (χ1) is 12.0. The van der Waals surface area contributed by atoms with E-state index in [4.69, 9.17) is 21.1 Å². The number of carbonyl (C=O) groups is 1. The quantitative estimate of drug-likeness (QED) is 0.870. The van der Waals surface area contributed by atoms with Gasteiger partial charge in [0.15, 0.2) is 11.5 Å². The molecule has 2 aromatic rings. The summed E-state index contributed by atoms with van der Waals surface area (Å²) in [6.45, 7) is -1.88. The minimum absolute atomic E-state index is 0.0276. The molecule has 0 spiro atoms. The highest BCUT2D eigenvalue weighted by Crippen LogP contribution is 2.37. The molecule has 1 aliphatic heterocycles. The number of amides is 1. The average molecular weight is 370 g/mol. The van der Waals surface area contributed by atoms with Crippen molar-refractivity contribution in [3.8, 4) is 17.2 Å². The molecule has 0 aliphatic carbocycles. The summed E-state index contributed by atoms with van der Waals surface area (Å²) in [4.78, 5) is 12.3. The number of alkyl halides is 2. The number of halogens is 3. The summed E-state index contributed by atoms with van der Waals surface area (Å²) in [6, 6.07) is 8.51. The fourth-order valence-corrected chi connectivity index (χ4v) is 2.46. The van der Waals surface area contributed by atoms with Crippen LogP contribution in [0.3, 0.4) is 0 Å². The van der Waals surface area contributed by atoms with Gasteiger partial charge in [0.05, 0.1) is 23.9 Å². The van der Waals surface area contributed by atoms with Gasteiger partial charge < -0.3 is 19.5 Å². The maximum Gasteiger partial charge on any atom is 0.387 e. The van der Waals surface area contributed by atoms with Crippen LogP contribution >= 0.6 is 11.6 Å². The third kappa shape index (κ3) is 4.30. The van der Waals surface area contributed by atoms with Gasteiger partial charge in [-0.3, -0.25) is 4.79 Å². The van der Waals surface area contributed by atoms with Gasteiger partial charge in [0.2, 0.25) is 0 Å². The van der Waals surface area contributed by atoms with Crippen LogP contribution in [0, 0.1) is 0 Å². The van der Waals surface area contributed by atoms with Gasteiger partial charge in [-0.05, 0) is 24.3 Å². The van der Waals surface area contributed by atoms with Gasteiger partial charge in [-0.1, -0.05) is 11.6 Å². The van der Waals surface area contributed by atoms with Gasteiger partial charge in [-0.25, -0.2) is 0 Å². The Morgan fingerprint density at radius 2 is 1.76 bits per heavy atom. The van der Waals surface area contributed by atoms with Crippen LogP contribution in [0.15, 0.2) is 36.4 Å². The molecule has 0 saturated carbocycles. The molecule has 25 heavy (non-hydrogen) atoms. The maximum atomic E-state index is 12.3. The molecule has 1 N–H and O–H groups in total. The predicted molar refractivity (Wildman–Crippen MR) is 88.1 cm³/mol. The summed E-state index contributed by atoms with van der Waals surface area (Å²) in [7, 11) is 0. The highest BCUT2D eigenvalue weighted by atomic mass is 35.5. The molecular formula is C17H14ClF2NO4. The number of anilines is 1. The molecule has 1 amide bonds. The zero-order chi connectivity index (χ0) is 17.8. The Morgan fingerprint density at radius 1 is 1.12 bits per heavy atom. The molecule has 132 valence electrons. The van der Waals surface area contributed by atoms with Crippen molar-refractivity contribution in [2.75, 3.05) is 18.5 Å². The SMILES string of the molecule is O=C(Nc1cc2c(cc1Cl)OCCCO2)c1ccc(OC(F)F)cc1. The van der Waals surface area contributed by atoms with Gasteiger partial charge in [-0.2, -0.15) is 8.78 Å². The molecule has 3 rings (SSSR count). The van der Waals surface area contributed by atoms with E-state index in [1.807, 2.05) is 0 Å². The van der Waals surface area contributed by atoms with Crippen LogP contribution in [0.25, 0.3) is 0 Å². The second-order valence-electron chi connectivity index (χ2n) is 5.19. The van der Waals surface area contributed by atoms with Crippen LogP contribution in [0.2, 0.25) is 5.02 Å². The van der Waals surface area contributed by atoms with Crippen molar-refractivity contribution in [3.63, 3.8) is 0 Å². The van der Waals surface area contributed by atoms with E-state index in [9.17, 15) is 13.6 Å². The molecule has 2 aromatic carbocycles. The largest absolute Gasteiger partial charge is 0.490 e. The van der Waals surface area contributed by atoms with E-state index in [2.05, 4.69) is 10.1 Å². The second kappa shape index (κ2) is 7.57. The van der Waals surface area contributed by atoms with Crippen LogP contribution in [0.5, 0.6) is 17.2 Å². The number of nitrogens with one attached hydrogen (secondary N) is 1. The van der Waals surface area contributed by atoms with Crippen LogP contribution in [-0.4, -0.2) is 25.7 Å². The third-order valence-corrected chi connectivity index (χ3v) is 3.74. The zero-order valence-electron chi connectivity index (χ0n) is 12.9. The highest BCUT2D eigenvalue weighted by molar-refractivity contribution is 6.34. The molecule has 0 saturated heterocycles. The van der Waals surface area contributed by atoms with Crippen molar-refractivity contribution in [2.45, 2.75) is 13.0 Å². The lowest BCUT2D eigenvalue weighted by atomic mass is 10.2. The van der Waals surface area contributed by atoms with Crippen molar-refractivity contribution in [1.82, 2.24) is 0 Å². The normalized spacial score (nSPS) is 13.3. The van der Waals surface area contributed by atoms with E-state index >= 15 is 0 Å². The molecule has 1 heterocycles. The number of carbonyl (C=O) groups excluding carboxylic acids is 1. The van der Waals surface area contributed by atoms with E-state index in [1.54, 1.807) is 12.1 Å². The number of fused-ring (bicyclic) bond motifs is 1. The molecule has 5 nitrogen and oxygen atoms in total. The first kappa shape index (κ1) is 17.3. The molecule has 0 radical (unpaired) electrons. The van der Waals surface area contributed by atoms with Crippen molar-refractivity contribution >= 4 is 23.2 Å². The summed E-state index contributed by atoms with van der Waals surface area (Å²) < 4.78 is 39.6. The Balaban J connectivity index is 1.75. The topological polar surface area (TPSA) is 56.8 Å². The molecule has 1 aliphatic rings. The van der Waals surface area contributed by atoms with Crippen molar-refractivity contribution in [2.24, 2.45) is 0 Å². The molecular weight excluding hydrogens is 356 g/mol. The van der Waals surface area contributed by atoms with Gasteiger partial charge >= 0.3 is 6.61 Å². The van der Waals surface area contributed by atoms with Crippen molar-refractivity contribution < 1.29 is 27.8 Å². The van der Waals surface area contributed by atoms with Crippen LogP contribution in [0.1, 0.15) is 16.8 Å². The number of ether oxygens (including phenoxy) is 3. The standard InChI is InChI=1S/C17H14ClF2NO4/c18-12-8-14-15(24-7-1-6-23-14)9-13(12)21-16(22)10-2-4-11(5-3-10)25-17(19)20/h2-5,8-9,17H,1,6-7H2,(H,21,22). The molecule has 0 fully saturated rings. The average Bonchev–Trinajstić information content (AvgIpc) is 2.80. The summed E-state index contributed by atoms with van der Waals surface area (Å²) in [5, 5.41) is 2.96. The highest BCUT2D eigenvalue weighted by Gasteiger charge is 2.16. The first-order valence-corrected chi connectivity index (χ1v) is 7.86. The van der Waals surface area contributed by atoms with E-state index in [1.165, 1.54) is 24.3 Å². The molecule has 0 atom stereocenters. The maximum absolute atomic E-state index is 12.3. The predicted octanol–water partition coefficient (Wildman–Crippen LogP) is 4.36. The summed E-state index contributed by atoms with van der Waals surface area (Å²) in [5.41, 5.74) is 0.633. The monoisotopic (exact) mass is 369 g/mol. The van der Waals surface area contributed by atoms with Gasteiger partial charge in [0.1, 0.15) is 5.75 Å². The Hall–Kier alpha value is -2.54. The Bertz CT molecular complexity index is 768.